The molecule has 2 aromatic carbocycles. The van der Waals surface area contributed by atoms with Gasteiger partial charge in [0.15, 0.2) is 0 Å². The Labute approximate surface area is 116 Å². The number of halogens is 1. The molecular weight excluding hydrogens is 255 g/mol. The number of nitrogens with zero attached hydrogens (tertiary/aromatic N) is 2. The van der Waals surface area contributed by atoms with Crippen LogP contribution in [0.5, 0.6) is 0 Å². The highest BCUT2D eigenvalue weighted by Gasteiger charge is 2.12. The summed E-state index contributed by atoms with van der Waals surface area (Å²) in [6.45, 7) is 0.366. The summed E-state index contributed by atoms with van der Waals surface area (Å²) in [6, 6.07) is 14.7. The van der Waals surface area contributed by atoms with E-state index in [0.29, 0.717) is 17.7 Å². The largest absolute Gasteiger partial charge is 0.337 e. The fourth-order valence-corrected chi connectivity index (χ4v) is 1.93. The first-order valence-electron chi connectivity index (χ1n) is 6.10. The van der Waals surface area contributed by atoms with Gasteiger partial charge in [-0.05, 0) is 35.9 Å². The quantitative estimate of drug-likeness (QED) is 0.859. The van der Waals surface area contributed by atoms with Crippen molar-refractivity contribution in [2.75, 3.05) is 7.05 Å². The first-order valence-corrected chi connectivity index (χ1v) is 6.10. The monoisotopic (exact) mass is 268 g/mol. The molecule has 0 fully saturated rings. The Bertz CT molecular complexity index is 676. The van der Waals surface area contributed by atoms with Crippen molar-refractivity contribution in [2.45, 2.75) is 6.54 Å². The molecule has 2 rings (SSSR count). The Hall–Kier alpha value is -2.67. The van der Waals surface area contributed by atoms with Crippen LogP contribution in [-0.4, -0.2) is 17.9 Å². The highest BCUT2D eigenvalue weighted by Crippen LogP contribution is 2.11. The second-order valence-electron chi connectivity index (χ2n) is 4.48. The fourth-order valence-electron chi connectivity index (χ4n) is 1.93. The van der Waals surface area contributed by atoms with Crippen molar-refractivity contribution in [1.82, 2.24) is 4.90 Å². The van der Waals surface area contributed by atoms with Gasteiger partial charge in [0.1, 0.15) is 5.82 Å². The van der Waals surface area contributed by atoms with Gasteiger partial charge in [-0.2, -0.15) is 5.26 Å². The van der Waals surface area contributed by atoms with Gasteiger partial charge in [-0.3, -0.25) is 4.79 Å². The van der Waals surface area contributed by atoms with Gasteiger partial charge in [-0.1, -0.05) is 18.2 Å². The van der Waals surface area contributed by atoms with Crippen LogP contribution < -0.4 is 0 Å². The Morgan fingerprint density at radius 2 is 2.00 bits per heavy atom. The summed E-state index contributed by atoms with van der Waals surface area (Å²) in [6.07, 6.45) is 0. The summed E-state index contributed by atoms with van der Waals surface area (Å²) in [4.78, 5) is 13.6. The summed E-state index contributed by atoms with van der Waals surface area (Å²) < 4.78 is 13.1. The second-order valence-corrected chi connectivity index (χ2v) is 4.48. The van der Waals surface area contributed by atoms with Gasteiger partial charge in [0.25, 0.3) is 5.91 Å². The maximum absolute atomic E-state index is 13.1. The Morgan fingerprint density at radius 1 is 1.25 bits per heavy atom. The molecule has 0 aliphatic heterocycles. The molecule has 0 unspecified atom stereocenters. The lowest BCUT2D eigenvalue weighted by atomic mass is 10.1. The number of hydrogen-bond donors (Lipinski definition) is 0. The Kier molecular flexibility index (Phi) is 4.11. The maximum atomic E-state index is 13.1. The number of hydrogen-bond acceptors (Lipinski definition) is 2. The van der Waals surface area contributed by atoms with Gasteiger partial charge in [-0.15, -0.1) is 0 Å². The molecule has 4 heteroatoms. The Morgan fingerprint density at radius 3 is 2.70 bits per heavy atom. The second kappa shape index (κ2) is 5.98. The SMILES string of the molecule is CN(Cc1cccc(C#N)c1)C(=O)c1cccc(F)c1. The number of rotatable bonds is 3. The van der Waals surface area contributed by atoms with E-state index in [2.05, 4.69) is 6.07 Å². The van der Waals surface area contributed by atoms with Crippen LogP contribution in [0, 0.1) is 17.1 Å². The van der Waals surface area contributed by atoms with Gasteiger partial charge in [0.2, 0.25) is 0 Å². The standard InChI is InChI=1S/C16H13FN2O/c1-19(11-13-5-2-4-12(8-13)10-18)16(20)14-6-3-7-15(17)9-14/h2-9H,11H2,1H3. The minimum absolute atomic E-state index is 0.258. The highest BCUT2D eigenvalue weighted by molar-refractivity contribution is 5.94. The molecule has 0 saturated heterocycles. The molecule has 2 aromatic rings. The van der Waals surface area contributed by atoms with Crippen molar-refractivity contribution in [1.29, 1.82) is 5.26 Å². The van der Waals surface area contributed by atoms with Crippen LogP contribution in [0.1, 0.15) is 21.5 Å². The average Bonchev–Trinajstić information content (AvgIpc) is 2.46. The molecule has 1 amide bonds. The third-order valence-electron chi connectivity index (χ3n) is 2.89. The van der Waals surface area contributed by atoms with Crippen molar-refractivity contribution in [3.63, 3.8) is 0 Å². The molecular formula is C16H13FN2O. The van der Waals surface area contributed by atoms with E-state index in [9.17, 15) is 9.18 Å². The molecule has 20 heavy (non-hydrogen) atoms. The van der Waals surface area contributed by atoms with Gasteiger partial charge in [0.05, 0.1) is 11.6 Å². The van der Waals surface area contributed by atoms with Crippen LogP contribution in [0.15, 0.2) is 48.5 Å². The Balaban J connectivity index is 2.13. The first-order chi connectivity index (χ1) is 9.60. The average molecular weight is 268 g/mol. The molecule has 0 radical (unpaired) electrons. The first kappa shape index (κ1) is 13.8. The highest BCUT2D eigenvalue weighted by atomic mass is 19.1. The number of amides is 1. The summed E-state index contributed by atoms with van der Waals surface area (Å²) in [5, 5.41) is 8.84. The predicted octanol–water partition coefficient (Wildman–Crippen LogP) is 2.97. The molecule has 0 aliphatic rings. The summed E-state index contributed by atoms with van der Waals surface area (Å²) >= 11 is 0. The van der Waals surface area contributed by atoms with Crippen LogP contribution in [0.2, 0.25) is 0 Å². The molecule has 0 atom stereocenters. The van der Waals surface area contributed by atoms with Crippen LogP contribution in [0.3, 0.4) is 0 Å². The zero-order chi connectivity index (χ0) is 14.5. The lowest BCUT2D eigenvalue weighted by Crippen LogP contribution is -2.26. The summed E-state index contributed by atoms with van der Waals surface area (Å²) in [5.41, 5.74) is 1.72. The van der Waals surface area contributed by atoms with Crippen LogP contribution in [0.25, 0.3) is 0 Å². The van der Waals surface area contributed by atoms with E-state index in [1.807, 2.05) is 6.07 Å². The van der Waals surface area contributed by atoms with Crippen LogP contribution >= 0.6 is 0 Å². The third-order valence-corrected chi connectivity index (χ3v) is 2.89. The van der Waals surface area contributed by atoms with Crippen LogP contribution in [0.4, 0.5) is 4.39 Å². The van der Waals surface area contributed by atoms with Crippen molar-refractivity contribution >= 4 is 5.91 Å². The van der Waals surface area contributed by atoms with E-state index in [1.54, 1.807) is 31.3 Å². The van der Waals surface area contributed by atoms with Crippen LogP contribution in [-0.2, 0) is 6.54 Å². The lowest BCUT2D eigenvalue weighted by Gasteiger charge is -2.17. The number of carbonyl (C=O) groups excluding carboxylic acids is 1. The molecule has 0 saturated carbocycles. The zero-order valence-corrected chi connectivity index (χ0v) is 11.0. The van der Waals surface area contributed by atoms with E-state index >= 15 is 0 Å². The normalized spacial score (nSPS) is 9.85. The summed E-state index contributed by atoms with van der Waals surface area (Å²) in [5.74, 6) is -0.692. The van der Waals surface area contributed by atoms with Crippen molar-refractivity contribution in [3.8, 4) is 6.07 Å². The fraction of sp³-hybridized carbons (Fsp3) is 0.125. The zero-order valence-electron chi connectivity index (χ0n) is 11.0. The molecule has 0 heterocycles. The predicted molar refractivity (Wildman–Crippen MR) is 73.4 cm³/mol. The molecule has 0 spiro atoms. The number of carbonyl (C=O) groups is 1. The number of nitriles is 1. The van der Waals surface area contributed by atoms with Crippen molar-refractivity contribution < 1.29 is 9.18 Å². The molecule has 0 aliphatic carbocycles. The summed E-state index contributed by atoms with van der Waals surface area (Å²) in [7, 11) is 1.65. The van der Waals surface area contributed by atoms with Gasteiger partial charge in [-0.25, -0.2) is 4.39 Å². The van der Waals surface area contributed by atoms with E-state index in [4.69, 9.17) is 5.26 Å². The molecule has 0 bridgehead atoms. The maximum Gasteiger partial charge on any atom is 0.253 e. The van der Waals surface area contributed by atoms with Gasteiger partial charge < -0.3 is 4.90 Å². The van der Waals surface area contributed by atoms with Crippen molar-refractivity contribution in [2.24, 2.45) is 0 Å². The smallest absolute Gasteiger partial charge is 0.253 e. The number of benzene rings is 2. The molecule has 0 N–H and O–H groups in total. The van der Waals surface area contributed by atoms with E-state index in [1.165, 1.54) is 23.1 Å². The minimum atomic E-state index is -0.435. The molecule has 100 valence electrons. The topological polar surface area (TPSA) is 44.1 Å². The third kappa shape index (κ3) is 3.21. The van der Waals surface area contributed by atoms with Crippen molar-refractivity contribution in [3.05, 3.63) is 71.0 Å². The minimum Gasteiger partial charge on any atom is -0.337 e. The van der Waals surface area contributed by atoms with Gasteiger partial charge >= 0.3 is 0 Å². The van der Waals surface area contributed by atoms with E-state index in [0.717, 1.165) is 5.56 Å². The molecule has 3 nitrogen and oxygen atoms in total. The lowest BCUT2D eigenvalue weighted by molar-refractivity contribution is 0.0784. The van der Waals surface area contributed by atoms with E-state index < -0.39 is 5.82 Å². The van der Waals surface area contributed by atoms with E-state index in [-0.39, 0.29) is 5.91 Å². The van der Waals surface area contributed by atoms with Gasteiger partial charge in [0, 0.05) is 19.2 Å². The molecule has 0 aromatic heterocycles.